The van der Waals surface area contributed by atoms with Crippen molar-refractivity contribution >= 4 is 5.96 Å². The maximum atomic E-state index is 13.9. The van der Waals surface area contributed by atoms with E-state index in [0.717, 1.165) is 56.7 Å². The Labute approximate surface area is 180 Å². The van der Waals surface area contributed by atoms with Gasteiger partial charge in [0.2, 0.25) is 0 Å². The fourth-order valence-electron chi connectivity index (χ4n) is 5.02. The van der Waals surface area contributed by atoms with Crippen LogP contribution in [0.15, 0.2) is 29.3 Å². The van der Waals surface area contributed by atoms with E-state index in [1.54, 1.807) is 12.1 Å². The zero-order valence-electron chi connectivity index (χ0n) is 18.4. The fraction of sp³-hybridized carbons (Fsp3) is 0.708. The molecule has 2 fully saturated rings. The minimum Gasteiger partial charge on any atom is -0.396 e. The number of hydrogen-bond donors (Lipinski definition) is 3. The van der Waals surface area contributed by atoms with Gasteiger partial charge in [0.05, 0.1) is 0 Å². The van der Waals surface area contributed by atoms with Crippen molar-refractivity contribution in [2.45, 2.75) is 63.7 Å². The van der Waals surface area contributed by atoms with E-state index in [9.17, 15) is 9.50 Å². The van der Waals surface area contributed by atoms with Gasteiger partial charge in [0.1, 0.15) is 5.82 Å². The lowest BCUT2D eigenvalue weighted by Gasteiger charge is -2.38. The molecule has 0 unspecified atom stereocenters. The Bertz CT molecular complexity index is 677. The van der Waals surface area contributed by atoms with E-state index in [-0.39, 0.29) is 23.3 Å². The van der Waals surface area contributed by atoms with Crippen LogP contribution in [-0.2, 0) is 10.2 Å². The third-order valence-electron chi connectivity index (χ3n) is 6.95. The van der Waals surface area contributed by atoms with Gasteiger partial charge in [0.15, 0.2) is 5.96 Å². The van der Waals surface area contributed by atoms with E-state index in [1.807, 2.05) is 6.07 Å². The Kier molecular flexibility index (Phi) is 8.51. The van der Waals surface area contributed by atoms with Crippen LogP contribution in [0, 0.1) is 11.2 Å². The molecule has 1 aliphatic heterocycles. The number of rotatable bonds is 8. The third-order valence-corrected chi connectivity index (χ3v) is 6.95. The first-order chi connectivity index (χ1) is 14.6. The maximum absolute atomic E-state index is 13.9. The van der Waals surface area contributed by atoms with Gasteiger partial charge in [-0.05, 0) is 62.1 Å². The summed E-state index contributed by atoms with van der Waals surface area (Å²) in [5.41, 5.74) is 0.983. The van der Waals surface area contributed by atoms with Gasteiger partial charge in [0, 0.05) is 44.9 Å². The average Bonchev–Trinajstić information content (AvgIpc) is 2.77. The number of ether oxygens (including phenoxy) is 1. The van der Waals surface area contributed by atoms with E-state index < -0.39 is 0 Å². The van der Waals surface area contributed by atoms with Crippen LogP contribution in [-0.4, -0.2) is 50.5 Å². The predicted molar refractivity (Wildman–Crippen MR) is 119 cm³/mol. The van der Waals surface area contributed by atoms with Crippen molar-refractivity contribution in [2.75, 3.05) is 39.5 Å². The number of hydrogen-bond acceptors (Lipinski definition) is 3. The van der Waals surface area contributed by atoms with Crippen molar-refractivity contribution in [3.8, 4) is 0 Å². The van der Waals surface area contributed by atoms with Gasteiger partial charge in [-0.2, -0.15) is 0 Å². The summed E-state index contributed by atoms with van der Waals surface area (Å²) in [7, 11) is 0. The number of aliphatic hydroxyl groups is 1. The highest BCUT2D eigenvalue weighted by molar-refractivity contribution is 5.79. The highest BCUT2D eigenvalue weighted by atomic mass is 19.1. The average molecular weight is 420 g/mol. The highest BCUT2D eigenvalue weighted by Crippen LogP contribution is 2.39. The van der Waals surface area contributed by atoms with Crippen LogP contribution in [0.25, 0.3) is 0 Å². The lowest BCUT2D eigenvalue weighted by Crippen LogP contribution is -2.48. The number of aliphatic imine (C=N–C) groups is 1. The normalized spacial score (nSPS) is 21.2. The van der Waals surface area contributed by atoms with Gasteiger partial charge in [-0.15, -0.1) is 0 Å². The third kappa shape index (κ3) is 5.94. The molecule has 3 rings (SSSR count). The summed E-state index contributed by atoms with van der Waals surface area (Å²) in [5.74, 6) is 0.616. The van der Waals surface area contributed by atoms with Crippen LogP contribution in [0.1, 0.15) is 63.9 Å². The number of benzene rings is 1. The van der Waals surface area contributed by atoms with E-state index in [2.05, 4.69) is 17.6 Å². The molecule has 5 nitrogen and oxygen atoms in total. The Hall–Kier alpha value is -1.66. The molecule has 1 saturated carbocycles. The number of nitrogens with one attached hydrogen (secondary N) is 2. The zero-order chi connectivity index (χ0) is 21.3. The Morgan fingerprint density at radius 1 is 1.13 bits per heavy atom. The Balaban J connectivity index is 1.73. The molecule has 3 N–H and O–H groups in total. The van der Waals surface area contributed by atoms with Crippen LogP contribution in [0.4, 0.5) is 4.39 Å². The second-order valence-corrected chi connectivity index (χ2v) is 8.99. The molecule has 6 heteroatoms. The molecular formula is C24H38FN3O2. The molecule has 2 aliphatic rings. The van der Waals surface area contributed by atoms with E-state index in [1.165, 1.54) is 25.3 Å². The summed E-state index contributed by atoms with van der Waals surface area (Å²) in [6.45, 7) is 5.88. The molecule has 1 aromatic rings. The number of guanidine groups is 1. The van der Waals surface area contributed by atoms with Crippen LogP contribution in [0.3, 0.4) is 0 Å². The van der Waals surface area contributed by atoms with E-state index in [0.29, 0.717) is 19.8 Å². The summed E-state index contributed by atoms with van der Waals surface area (Å²) < 4.78 is 19.6. The molecule has 0 radical (unpaired) electrons. The first-order valence-electron chi connectivity index (χ1n) is 11.6. The van der Waals surface area contributed by atoms with Crippen LogP contribution in [0.5, 0.6) is 0 Å². The lowest BCUT2D eigenvalue weighted by molar-refractivity contribution is 0.0512. The molecule has 168 valence electrons. The predicted octanol–water partition coefficient (Wildman–Crippen LogP) is 3.76. The SMILES string of the molecule is CCNC(=NCC1(CCO)CCCCC1)NCC1(c2cccc(F)c2)CCOCC1. The number of halogens is 1. The summed E-state index contributed by atoms with van der Waals surface area (Å²) in [5, 5.41) is 16.5. The van der Waals surface area contributed by atoms with Gasteiger partial charge < -0.3 is 20.5 Å². The molecule has 30 heavy (non-hydrogen) atoms. The molecule has 1 heterocycles. The molecular weight excluding hydrogens is 381 g/mol. The second-order valence-electron chi connectivity index (χ2n) is 8.99. The highest BCUT2D eigenvalue weighted by Gasteiger charge is 2.35. The van der Waals surface area contributed by atoms with Gasteiger partial charge in [-0.3, -0.25) is 4.99 Å². The van der Waals surface area contributed by atoms with Gasteiger partial charge in [-0.25, -0.2) is 4.39 Å². The summed E-state index contributed by atoms with van der Waals surface area (Å²) in [6.07, 6.45) is 8.55. The molecule has 0 spiro atoms. The fourth-order valence-corrected chi connectivity index (χ4v) is 5.02. The molecule has 1 aromatic carbocycles. The molecule has 0 bridgehead atoms. The summed E-state index contributed by atoms with van der Waals surface area (Å²) >= 11 is 0. The van der Waals surface area contributed by atoms with E-state index >= 15 is 0 Å². The first kappa shape index (κ1) is 23.0. The zero-order valence-corrected chi connectivity index (χ0v) is 18.4. The van der Waals surface area contributed by atoms with Crippen LogP contribution in [0.2, 0.25) is 0 Å². The molecule has 1 aliphatic carbocycles. The van der Waals surface area contributed by atoms with Crippen molar-refractivity contribution in [1.82, 2.24) is 10.6 Å². The molecule has 0 aromatic heterocycles. The molecule has 0 amide bonds. The Morgan fingerprint density at radius 3 is 2.57 bits per heavy atom. The quantitative estimate of drug-likeness (QED) is 0.443. The van der Waals surface area contributed by atoms with Gasteiger partial charge in [-0.1, -0.05) is 31.4 Å². The summed E-state index contributed by atoms with van der Waals surface area (Å²) in [4.78, 5) is 4.93. The number of aliphatic hydroxyl groups excluding tert-OH is 1. The second kappa shape index (κ2) is 11.1. The standard InChI is InChI=1S/C24H38FN3O2/c1-2-26-22(27-18-23(11-14-29)9-4-3-5-10-23)28-19-24(12-15-30-16-13-24)20-7-6-8-21(25)17-20/h6-8,17,29H,2-5,9-16,18-19H2,1H3,(H2,26,27,28). The monoisotopic (exact) mass is 419 g/mol. The van der Waals surface area contributed by atoms with Crippen molar-refractivity contribution in [2.24, 2.45) is 10.4 Å². The van der Waals surface area contributed by atoms with E-state index in [4.69, 9.17) is 9.73 Å². The lowest BCUT2D eigenvalue weighted by atomic mass is 9.72. The minimum absolute atomic E-state index is 0.119. The van der Waals surface area contributed by atoms with Crippen LogP contribution >= 0.6 is 0 Å². The maximum Gasteiger partial charge on any atom is 0.191 e. The van der Waals surface area contributed by atoms with Crippen molar-refractivity contribution in [3.05, 3.63) is 35.6 Å². The molecule has 0 atom stereocenters. The van der Waals surface area contributed by atoms with Crippen molar-refractivity contribution in [3.63, 3.8) is 0 Å². The largest absolute Gasteiger partial charge is 0.396 e. The van der Waals surface area contributed by atoms with Crippen molar-refractivity contribution in [1.29, 1.82) is 0 Å². The first-order valence-corrected chi connectivity index (χ1v) is 11.6. The topological polar surface area (TPSA) is 65.9 Å². The smallest absolute Gasteiger partial charge is 0.191 e. The van der Waals surface area contributed by atoms with Crippen molar-refractivity contribution < 1.29 is 14.2 Å². The summed E-state index contributed by atoms with van der Waals surface area (Å²) in [6, 6.07) is 6.98. The minimum atomic E-state index is -0.192. The number of nitrogens with zero attached hydrogens (tertiary/aromatic N) is 1. The Morgan fingerprint density at radius 2 is 1.90 bits per heavy atom. The van der Waals surface area contributed by atoms with Gasteiger partial charge >= 0.3 is 0 Å². The van der Waals surface area contributed by atoms with Crippen LogP contribution < -0.4 is 10.6 Å². The van der Waals surface area contributed by atoms with Gasteiger partial charge in [0.25, 0.3) is 0 Å². The molecule has 1 saturated heterocycles.